The van der Waals surface area contributed by atoms with Crippen LogP contribution in [0.3, 0.4) is 0 Å². The fraction of sp³-hybridized carbons (Fsp3) is 0.385. The Labute approximate surface area is 117 Å². The Kier molecular flexibility index (Phi) is 4.57. The Bertz CT molecular complexity index is 524. The van der Waals surface area contributed by atoms with Crippen LogP contribution >= 0.6 is 11.8 Å². The Hall–Kier alpha value is -1.37. The summed E-state index contributed by atoms with van der Waals surface area (Å²) in [6, 6.07) is 7.77. The van der Waals surface area contributed by atoms with Crippen molar-refractivity contribution in [3.05, 3.63) is 30.1 Å². The molecule has 0 aliphatic rings. The SMILES string of the molecule is CSc1ccc(-c2nc(C(N)CN(C)C)no2)cc1. The Morgan fingerprint density at radius 2 is 2.00 bits per heavy atom. The predicted octanol–water partition coefficient (Wildman–Crippen LogP) is 2.02. The van der Waals surface area contributed by atoms with Crippen LogP contribution in [-0.4, -0.2) is 41.9 Å². The van der Waals surface area contributed by atoms with Gasteiger partial charge in [-0.1, -0.05) is 5.16 Å². The van der Waals surface area contributed by atoms with E-state index < -0.39 is 0 Å². The van der Waals surface area contributed by atoms with E-state index in [0.29, 0.717) is 18.3 Å². The zero-order valence-corrected chi connectivity index (χ0v) is 12.1. The summed E-state index contributed by atoms with van der Waals surface area (Å²) in [5, 5.41) is 3.95. The van der Waals surface area contributed by atoms with Crippen LogP contribution in [0.4, 0.5) is 0 Å². The molecule has 0 spiro atoms. The van der Waals surface area contributed by atoms with Gasteiger partial charge in [0.15, 0.2) is 5.82 Å². The van der Waals surface area contributed by atoms with Crippen molar-refractivity contribution in [2.45, 2.75) is 10.9 Å². The minimum absolute atomic E-state index is 0.238. The number of thioether (sulfide) groups is 1. The average molecular weight is 278 g/mol. The van der Waals surface area contributed by atoms with Crippen LogP contribution in [0, 0.1) is 0 Å². The highest BCUT2D eigenvalue weighted by Crippen LogP contribution is 2.22. The summed E-state index contributed by atoms with van der Waals surface area (Å²) < 4.78 is 5.26. The molecule has 0 fully saturated rings. The van der Waals surface area contributed by atoms with Crippen LogP contribution in [0.2, 0.25) is 0 Å². The first kappa shape index (κ1) is 14.0. The lowest BCUT2D eigenvalue weighted by Gasteiger charge is -2.12. The topological polar surface area (TPSA) is 68.2 Å². The van der Waals surface area contributed by atoms with E-state index in [0.717, 1.165) is 5.56 Å². The molecule has 1 atom stereocenters. The van der Waals surface area contributed by atoms with Gasteiger partial charge in [-0.25, -0.2) is 0 Å². The van der Waals surface area contributed by atoms with E-state index in [9.17, 15) is 0 Å². The van der Waals surface area contributed by atoms with Crippen LogP contribution in [0.25, 0.3) is 11.5 Å². The first-order chi connectivity index (χ1) is 9.10. The lowest BCUT2D eigenvalue weighted by Crippen LogP contribution is -2.26. The van der Waals surface area contributed by atoms with Gasteiger partial charge in [-0.05, 0) is 44.6 Å². The number of hydrogen-bond donors (Lipinski definition) is 1. The Morgan fingerprint density at radius 3 is 2.58 bits per heavy atom. The lowest BCUT2D eigenvalue weighted by molar-refractivity contribution is 0.357. The van der Waals surface area contributed by atoms with Crippen LogP contribution in [0.5, 0.6) is 0 Å². The molecule has 1 aromatic heterocycles. The van der Waals surface area contributed by atoms with Crippen LogP contribution in [0.15, 0.2) is 33.7 Å². The number of rotatable bonds is 5. The third-order valence-corrected chi connectivity index (χ3v) is 3.42. The molecule has 2 aromatic rings. The van der Waals surface area contributed by atoms with Gasteiger partial charge in [0, 0.05) is 17.0 Å². The number of hydrogen-bond acceptors (Lipinski definition) is 6. The third kappa shape index (κ3) is 3.56. The van der Waals surface area contributed by atoms with Crippen LogP contribution in [0.1, 0.15) is 11.9 Å². The molecule has 0 amide bonds. The summed E-state index contributed by atoms with van der Waals surface area (Å²) in [5.74, 6) is 1.05. The third-order valence-electron chi connectivity index (χ3n) is 2.67. The van der Waals surface area contributed by atoms with E-state index in [4.69, 9.17) is 10.3 Å². The van der Waals surface area contributed by atoms with Crippen LogP contribution < -0.4 is 5.73 Å². The molecule has 1 heterocycles. The van der Waals surface area contributed by atoms with Gasteiger partial charge < -0.3 is 15.2 Å². The second-order valence-electron chi connectivity index (χ2n) is 4.55. The molecule has 0 bridgehead atoms. The molecule has 2 N–H and O–H groups in total. The smallest absolute Gasteiger partial charge is 0.257 e. The summed E-state index contributed by atoms with van der Waals surface area (Å²) in [6.07, 6.45) is 2.04. The Morgan fingerprint density at radius 1 is 1.32 bits per heavy atom. The van der Waals surface area contributed by atoms with Gasteiger partial charge in [-0.2, -0.15) is 4.98 Å². The van der Waals surface area contributed by atoms with E-state index in [1.54, 1.807) is 11.8 Å². The summed E-state index contributed by atoms with van der Waals surface area (Å²) in [4.78, 5) is 7.55. The molecule has 6 heteroatoms. The zero-order chi connectivity index (χ0) is 13.8. The van der Waals surface area contributed by atoms with Crippen LogP contribution in [-0.2, 0) is 0 Å². The molecule has 1 unspecified atom stereocenters. The molecule has 2 rings (SSSR count). The van der Waals surface area contributed by atoms with Gasteiger partial charge in [-0.3, -0.25) is 0 Å². The molecule has 102 valence electrons. The molecule has 0 aliphatic heterocycles. The maximum absolute atomic E-state index is 6.00. The highest BCUT2D eigenvalue weighted by Gasteiger charge is 2.15. The molecule has 0 saturated heterocycles. The van der Waals surface area contributed by atoms with E-state index >= 15 is 0 Å². The molecular weight excluding hydrogens is 260 g/mol. The van der Waals surface area contributed by atoms with E-state index in [1.165, 1.54) is 4.90 Å². The minimum atomic E-state index is -0.238. The van der Waals surface area contributed by atoms with Crippen molar-refractivity contribution in [3.63, 3.8) is 0 Å². The fourth-order valence-corrected chi connectivity index (χ4v) is 2.12. The van der Waals surface area contributed by atoms with E-state index in [1.807, 2.05) is 49.5 Å². The average Bonchev–Trinajstić information content (AvgIpc) is 2.88. The quantitative estimate of drug-likeness (QED) is 0.844. The molecule has 19 heavy (non-hydrogen) atoms. The highest BCUT2D eigenvalue weighted by atomic mass is 32.2. The second-order valence-corrected chi connectivity index (χ2v) is 5.43. The van der Waals surface area contributed by atoms with Gasteiger partial charge >= 0.3 is 0 Å². The minimum Gasteiger partial charge on any atom is -0.334 e. The van der Waals surface area contributed by atoms with Crippen molar-refractivity contribution >= 4 is 11.8 Å². The summed E-state index contributed by atoms with van der Waals surface area (Å²) in [7, 11) is 3.92. The van der Waals surface area contributed by atoms with Crippen molar-refractivity contribution < 1.29 is 4.52 Å². The van der Waals surface area contributed by atoms with Gasteiger partial charge in [0.2, 0.25) is 0 Å². The second kappa shape index (κ2) is 6.18. The summed E-state index contributed by atoms with van der Waals surface area (Å²) in [5.41, 5.74) is 6.91. The van der Waals surface area contributed by atoms with Crippen molar-refractivity contribution in [1.82, 2.24) is 15.0 Å². The fourth-order valence-electron chi connectivity index (χ4n) is 1.71. The first-order valence-electron chi connectivity index (χ1n) is 5.98. The predicted molar refractivity (Wildman–Crippen MR) is 77.0 cm³/mol. The van der Waals surface area contributed by atoms with Crippen molar-refractivity contribution in [1.29, 1.82) is 0 Å². The van der Waals surface area contributed by atoms with Gasteiger partial charge in [0.05, 0.1) is 6.04 Å². The lowest BCUT2D eigenvalue weighted by atomic mass is 10.2. The monoisotopic (exact) mass is 278 g/mol. The number of likely N-dealkylation sites (N-methyl/N-ethyl adjacent to an activating group) is 1. The number of aromatic nitrogens is 2. The van der Waals surface area contributed by atoms with Gasteiger partial charge in [0.1, 0.15) is 0 Å². The normalized spacial score (nSPS) is 12.9. The molecule has 0 aliphatic carbocycles. The molecule has 5 nitrogen and oxygen atoms in total. The van der Waals surface area contributed by atoms with E-state index in [2.05, 4.69) is 10.1 Å². The standard InChI is InChI=1S/C13H18N4OS/c1-17(2)8-11(14)12-15-13(18-16-12)9-4-6-10(19-3)7-5-9/h4-7,11H,8,14H2,1-3H3. The molecule has 0 saturated carbocycles. The van der Waals surface area contributed by atoms with Gasteiger partial charge in [-0.15, -0.1) is 11.8 Å². The first-order valence-corrected chi connectivity index (χ1v) is 7.21. The largest absolute Gasteiger partial charge is 0.334 e. The summed E-state index contributed by atoms with van der Waals surface area (Å²) >= 11 is 1.70. The zero-order valence-electron chi connectivity index (χ0n) is 11.3. The van der Waals surface area contributed by atoms with Gasteiger partial charge in [0.25, 0.3) is 5.89 Å². The highest BCUT2D eigenvalue weighted by molar-refractivity contribution is 7.98. The van der Waals surface area contributed by atoms with Crippen molar-refractivity contribution in [3.8, 4) is 11.5 Å². The number of nitrogens with zero attached hydrogens (tertiary/aromatic N) is 3. The van der Waals surface area contributed by atoms with E-state index in [-0.39, 0.29) is 6.04 Å². The number of nitrogens with two attached hydrogens (primary N) is 1. The van der Waals surface area contributed by atoms with Crippen molar-refractivity contribution in [2.24, 2.45) is 5.73 Å². The maximum atomic E-state index is 6.00. The number of benzene rings is 1. The van der Waals surface area contributed by atoms with Crippen molar-refractivity contribution in [2.75, 3.05) is 26.9 Å². The Balaban J connectivity index is 2.15. The molecule has 0 radical (unpaired) electrons. The summed E-state index contributed by atoms with van der Waals surface area (Å²) in [6.45, 7) is 0.685. The molecular formula is C13H18N4OS. The maximum Gasteiger partial charge on any atom is 0.257 e. The molecule has 1 aromatic carbocycles.